The van der Waals surface area contributed by atoms with Crippen LogP contribution in [0, 0.1) is 0 Å². The van der Waals surface area contributed by atoms with Crippen LogP contribution in [0.2, 0.25) is 0 Å². The maximum atomic E-state index is 5.73. The van der Waals surface area contributed by atoms with E-state index in [4.69, 9.17) is 10.2 Å². The molecular formula is C15H15N3O. The number of nitrogens with two attached hydrogens (primary N) is 1. The summed E-state index contributed by atoms with van der Waals surface area (Å²) in [6, 6.07) is 16.4. The van der Waals surface area contributed by atoms with Crippen molar-refractivity contribution in [1.29, 1.82) is 0 Å². The molecule has 0 fully saturated rings. The van der Waals surface area contributed by atoms with E-state index in [9.17, 15) is 0 Å². The Bertz CT molecular complexity index is 655. The van der Waals surface area contributed by atoms with Crippen molar-refractivity contribution in [2.75, 3.05) is 11.9 Å². The van der Waals surface area contributed by atoms with Gasteiger partial charge in [0, 0.05) is 19.3 Å². The van der Waals surface area contributed by atoms with Gasteiger partial charge in [-0.15, -0.1) is 0 Å². The number of anilines is 2. The zero-order chi connectivity index (χ0) is 13.2. The monoisotopic (exact) mass is 253 g/mol. The van der Waals surface area contributed by atoms with E-state index < -0.39 is 0 Å². The van der Waals surface area contributed by atoms with Crippen LogP contribution in [0.4, 0.5) is 11.7 Å². The first kappa shape index (κ1) is 11.7. The summed E-state index contributed by atoms with van der Waals surface area (Å²) in [6.45, 7) is 0.548. The van der Waals surface area contributed by atoms with E-state index in [-0.39, 0.29) is 0 Å². The lowest BCUT2D eigenvalue weighted by atomic mass is 10.2. The minimum absolute atomic E-state index is 0.548. The maximum absolute atomic E-state index is 5.73. The van der Waals surface area contributed by atoms with Crippen LogP contribution in [0.5, 0.6) is 0 Å². The number of fused-ring (bicyclic) bond motifs is 1. The molecule has 0 spiro atoms. The highest BCUT2D eigenvalue weighted by atomic mass is 16.4. The maximum Gasteiger partial charge on any atom is 0.302 e. The molecular weight excluding hydrogens is 238 g/mol. The standard InChI is InChI=1S/C15H15N3O/c1-18(12-8-6-11(10-16)7-9-12)15-17-13-4-2-3-5-14(13)19-15/h2-9H,10,16H2,1H3. The van der Waals surface area contributed by atoms with Crippen LogP contribution in [-0.4, -0.2) is 12.0 Å². The summed E-state index contributed by atoms with van der Waals surface area (Å²) in [5.74, 6) is 0. The van der Waals surface area contributed by atoms with E-state index >= 15 is 0 Å². The Morgan fingerprint density at radius 3 is 2.53 bits per heavy atom. The lowest BCUT2D eigenvalue weighted by molar-refractivity contribution is 0.603. The van der Waals surface area contributed by atoms with E-state index in [0.717, 1.165) is 22.4 Å². The van der Waals surface area contributed by atoms with Crippen LogP contribution < -0.4 is 10.6 Å². The van der Waals surface area contributed by atoms with Gasteiger partial charge in [0.1, 0.15) is 5.52 Å². The second kappa shape index (κ2) is 4.74. The number of rotatable bonds is 3. The van der Waals surface area contributed by atoms with Crippen molar-refractivity contribution in [1.82, 2.24) is 4.98 Å². The average Bonchev–Trinajstić information content (AvgIpc) is 2.90. The Labute approximate surface area is 111 Å². The topological polar surface area (TPSA) is 55.3 Å². The fraction of sp³-hybridized carbons (Fsp3) is 0.133. The molecule has 0 unspecified atom stereocenters. The van der Waals surface area contributed by atoms with Crippen molar-refractivity contribution in [3.63, 3.8) is 0 Å². The molecule has 0 bridgehead atoms. The SMILES string of the molecule is CN(c1ccc(CN)cc1)c1nc2ccccc2o1. The summed E-state index contributed by atoms with van der Waals surface area (Å²) in [5, 5.41) is 0. The molecule has 0 radical (unpaired) electrons. The molecule has 1 heterocycles. The van der Waals surface area contributed by atoms with Crippen molar-refractivity contribution in [2.24, 2.45) is 5.73 Å². The van der Waals surface area contributed by atoms with Gasteiger partial charge in [0.15, 0.2) is 5.58 Å². The number of oxazole rings is 1. The number of hydrogen-bond acceptors (Lipinski definition) is 4. The fourth-order valence-electron chi connectivity index (χ4n) is 1.97. The van der Waals surface area contributed by atoms with Crippen molar-refractivity contribution >= 4 is 22.8 Å². The number of hydrogen-bond donors (Lipinski definition) is 1. The molecule has 96 valence electrons. The lowest BCUT2D eigenvalue weighted by Gasteiger charge is -2.14. The van der Waals surface area contributed by atoms with Crippen LogP contribution in [-0.2, 0) is 6.54 Å². The van der Waals surface area contributed by atoms with Crippen LogP contribution >= 0.6 is 0 Å². The molecule has 1 aromatic heterocycles. The molecule has 4 heteroatoms. The Balaban J connectivity index is 1.95. The van der Waals surface area contributed by atoms with E-state index in [0.29, 0.717) is 12.6 Å². The van der Waals surface area contributed by atoms with E-state index in [2.05, 4.69) is 4.98 Å². The predicted octanol–water partition coefficient (Wildman–Crippen LogP) is 3.05. The molecule has 0 aliphatic rings. The zero-order valence-electron chi connectivity index (χ0n) is 10.7. The normalized spacial score (nSPS) is 10.8. The van der Waals surface area contributed by atoms with Gasteiger partial charge in [-0.3, -0.25) is 4.90 Å². The van der Waals surface area contributed by atoms with Gasteiger partial charge < -0.3 is 10.2 Å². The quantitative estimate of drug-likeness (QED) is 0.779. The van der Waals surface area contributed by atoms with Gasteiger partial charge in [-0.2, -0.15) is 4.98 Å². The molecule has 0 amide bonds. The lowest BCUT2D eigenvalue weighted by Crippen LogP contribution is -2.09. The largest absolute Gasteiger partial charge is 0.423 e. The third kappa shape index (κ3) is 2.18. The number of aromatic nitrogens is 1. The van der Waals surface area contributed by atoms with Crippen LogP contribution in [0.25, 0.3) is 11.1 Å². The third-order valence-electron chi connectivity index (χ3n) is 3.13. The van der Waals surface area contributed by atoms with E-state index in [1.807, 2.05) is 60.5 Å². The minimum Gasteiger partial charge on any atom is -0.423 e. The zero-order valence-corrected chi connectivity index (χ0v) is 10.7. The van der Waals surface area contributed by atoms with Crippen molar-refractivity contribution in [3.8, 4) is 0 Å². The van der Waals surface area contributed by atoms with Gasteiger partial charge in [0.2, 0.25) is 0 Å². The molecule has 0 aliphatic carbocycles. The summed E-state index contributed by atoms with van der Waals surface area (Å²) >= 11 is 0. The van der Waals surface area contributed by atoms with Gasteiger partial charge in [-0.1, -0.05) is 24.3 Å². The summed E-state index contributed by atoms with van der Waals surface area (Å²) in [5.41, 5.74) is 9.38. The van der Waals surface area contributed by atoms with Crippen molar-refractivity contribution < 1.29 is 4.42 Å². The first-order chi connectivity index (χ1) is 9.28. The van der Waals surface area contributed by atoms with Crippen molar-refractivity contribution in [3.05, 3.63) is 54.1 Å². The molecule has 2 N–H and O–H groups in total. The minimum atomic E-state index is 0.548. The molecule has 0 atom stereocenters. The summed E-state index contributed by atoms with van der Waals surface area (Å²) < 4.78 is 5.73. The highest BCUT2D eigenvalue weighted by Crippen LogP contribution is 2.26. The number of nitrogens with zero attached hydrogens (tertiary/aromatic N) is 2. The second-order valence-corrected chi connectivity index (χ2v) is 4.39. The molecule has 0 saturated carbocycles. The fourth-order valence-corrected chi connectivity index (χ4v) is 1.97. The Kier molecular flexibility index (Phi) is 2.93. The van der Waals surface area contributed by atoms with E-state index in [1.165, 1.54) is 0 Å². The Hall–Kier alpha value is -2.33. The molecule has 3 rings (SSSR count). The van der Waals surface area contributed by atoms with Crippen LogP contribution in [0.1, 0.15) is 5.56 Å². The molecule has 4 nitrogen and oxygen atoms in total. The first-order valence-electron chi connectivity index (χ1n) is 6.16. The predicted molar refractivity (Wildman–Crippen MR) is 76.4 cm³/mol. The Morgan fingerprint density at radius 1 is 1.11 bits per heavy atom. The molecule has 19 heavy (non-hydrogen) atoms. The average molecular weight is 253 g/mol. The summed E-state index contributed by atoms with van der Waals surface area (Å²) in [6.07, 6.45) is 0. The highest BCUT2D eigenvalue weighted by Gasteiger charge is 2.11. The van der Waals surface area contributed by atoms with Gasteiger partial charge in [-0.25, -0.2) is 0 Å². The summed E-state index contributed by atoms with van der Waals surface area (Å²) in [7, 11) is 1.93. The van der Waals surface area contributed by atoms with Gasteiger partial charge in [0.25, 0.3) is 0 Å². The second-order valence-electron chi connectivity index (χ2n) is 4.39. The third-order valence-corrected chi connectivity index (χ3v) is 3.13. The molecule has 0 saturated heterocycles. The number of benzene rings is 2. The summed E-state index contributed by atoms with van der Waals surface area (Å²) in [4.78, 5) is 6.38. The first-order valence-corrected chi connectivity index (χ1v) is 6.16. The van der Waals surface area contributed by atoms with Gasteiger partial charge in [0.05, 0.1) is 0 Å². The number of para-hydroxylation sites is 2. The van der Waals surface area contributed by atoms with Gasteiger partial charge >= 0.3 is 6.01 Å². The van der Waals surface area contributed by atoms with Crippen LogP contribution in [0.3, 0.4) is 0 Å². The Morgan fingerprint density at radius 2 is 1.84 bits per heavy atom. The smallest absolute Gasteiger partial charge is 0.302 e. The highest BCUT2D eigenvalue weighted by molar-refractivity contribution is 5.75. The van der Waals surface area contributed by atoms with Crippen molar-refractivity contribution in [2.45, 2.75) is 6.54 Å². The molecule has 2 aromatic carbocycles. The van der Waals surface area contributed by atoms with E-state index in [1.54, 1.807) is 0 Å². The molecule has 0 aliphatic heterocycles. The van der Waals surface area contributed by atoms with Gasteiger partial charge in [-0.05, 0) is 29.8 Å². The van der Waals surface area contributed by atoms with Crippen LogP contribution in [0.15, 0.2) is 52.9 Å². The molecule has 3 aromatic rings.